The van der Waals surface area contributed by atoms with E-state index in [1.54, 1.807) is 12.1 Å². The Hall–Kier alpha value is -2.76. The molecule has 3 rings (SSSR count). The highest BCUT2D eigenvalue weighted by Gasteiger charge is 2.41. The summed E-state index contributed by atoms with van der Waals surface area (Å²) in [6.45, 7) is -0.133. The van der Waals surface area contributed by atoms with Gasteiger partial charge in [-0.25, -0.2) is 22.6 Å². The molecular weight excluding hydrogens is 406 g/mol. The fourth-order valence-corrected chi connectivity index (χ4v) is 4.35. The Morgan fingerprint density at radius 1 is 1.21 bits per heavy atom. The summed E-state index contributed by atoms with van der Waals surface area (Å²) in [5, 5.41) is 1.24. The third-order valence-electron chi connectivity index (χ3n) is 4.42. The molecule has 0 saturated carbocycles. The number of halogens is 2. The standard InChI is InChI=1S/C18H20F2N4O4S/c1-28-14-6-4-13(5-7-14)24-29(26,27)18-15(10-22-23-18)17(25)21-9-11-2-3-12(19)8-16(11)20/h2-8,15,18,22-24H,9-10H2,1H3,(H,21,25). The first-order valence-electron chi connectivity index (χ1n) is 8.66. The van der Waals surface area contributed by atoms with Gasteiger partial charge in [-0.1, -0.05) is 6.07 Å². The maximum absolute atomic E-state index is 13.7. The molecule has 0 radical (unpaired) electrons. The van der Waals surface area contributed by atoms with Gasteiger partial charge in [-0.15, -0.1) is 0 Å². The monoisotopic (exact) mass is 426 g/mol. The van der Waals surface area contributed by atoms with Crippen LogP contribution in [0.15, 0.2) is 42.5 Å². The zero-order valence-electron chi connectivity index (χ0n) is 15.4. The van der Waals surface area contributed by atoms with Crippen molar-refractivity contribution in [3.8, 4) is 5.75 Å². The van der Waals surface area contributed by atoms with Crippen molar-refractivity contribution in [2.24, 2.45) is 5.92 Å². The average molecular weight is 426 g/mol. The minimum atomic E-state index is -3.97. The molecule has 1 saturated heterocycles. The molecule has 1 heterocycles. The highest BCUT2D eigenvalue weighted by molar-refractivity contribution is 7.93. The fraction of sp³-hybridized carbons (Fsp3) is 0.278. The van der Waals surface area contributed by atoms with Crippen molar-refractivity contribution in [1.82, 2.24) is 16.2 Å². The van der Waals surface area contributed by atoms with Gasteiger partial charge in [-0.2, -0.15) is 0 Å². The predicted octanol–water partition coefficient (Wildman–Crippen LogP) is 1.08. The third kappa shape index (κ3) is 5.00. The van der Waals surface area contributed by atoms with E-state index in [-0.39, 0.29) is 18.7 Å². The normalized spacial score (nSPS) is 19.0. The molecule has 8 nitrogen and oxygen atoms in total. The number of benzene rings is 2. The average Bonchev–Trinajstić information content (AvgIpc) is 3.18. The number of ether oxygens (including phenoxy) is 1. The Balaban J connectivity index is 1.66. The topological polar surface area (TPSA) is 109 Å². The van der Waals surface area contributed by atoms with E-state index in [1.165, 1.54) is 25.3 Å². The number of amides is 1. The number of nitrogens with one attached hydrogen (secondary N) is 4. The molecule has 2 aromatic rings. The molecule has 1 aliphatic heterocycles. The van der Waals surface area contributed by atoms with Gasteiger partial charge in [0.05, 0.1) is 13.0 Å². The Labute approximate surface area is 166 Å². The van der Waals surface area contributed by atoms with Gasteiger partial charge in [0.1, 0.15) is 17.4 Å². The highest BCUT2D eigenvalue weighted by atomic mass is 32.2. The summed E-state index contributed by atoms with van der Waals surface area (Å²) in [4.78, 5) is 12.5. The number of rotatable bonds is 7. The lowest BCUT2D eigenvalue weighted by molar-refractivity contribution is -0.124. The van der Waals surface area contributed by atoms with E-state index in [9.17, 15) is 22.0 Å². The highest BCUT2D eigenvalue weighted by Crippen LogP contribution is 2.21. The van der Waals surface area contributed by atoms with Crippen LogP contribution in [0, 0.1) is 17.6 Å². The molecule has 156 valence electrons. The van der Waals surface area contributed by atoms with Crippen LogP contribution >= 0.6 is 0 Å². The van der Waals surface area contributed by atoms with Crippen molar-refractivity contribution in [3.05, 3.63) is 59.7 Å². The first kappa shape index (κ1) is 21.0. The molecule has 0 spiro atoms. The van der Waals surface area contributed by atoms with Crippen LogP contribution in [0.25, 0.3) is 0 Å². The molecule has 2 atom stereocenters. The van der Waals surface area contributed by atoms with Gasteiger partial charge in [-0.05, 0) is 30.3 Å². The Kier molecular flexibility index (Phi) is 6.30. The van der Waals surface area contributed by atoms with Crippen LogP contribution in [0.3, 0.4) is 0 Å². The van der Waals surface area contributed by atoms with Crippen molar-refractivity contribution in [1.29, 1.82) is 0 Å². The molecule has 0 bridgehead atoms. The summed E-state index contributed by atoms with van der Waals surface area (Å²) in [5.74, 6) is -2.50. The SMILES string of the molecule is COc1ccc(NS(=O)(=O)C2NNCC2C(=O)NCc2ccc(F)cc2F)cc1. The van der Waals surface area contributed by atoms with Gasteiger partial charge >= 0.3 is 0 Å². The zero-order chi connectivity index (χ0) is 21.0. The largest absolute Gasteiger partial charge is 0.497 e. The van der Waals surface area contributed by atoms with Crippen LogP contribution < -0.4 is 25.6 Å². The van der Waals surface area contributed by atoms with Crippen LogP contribution in [0.1, 0.15) is 5.56 Å². The molecule has 0 aliphatic carbocycles. The van der Waals surface area contributed by atoms with Gasteiger partial charge in [0.25, 0.3) is 10.0 Å². The number of sulfonamides is 1. The number of hydrogen-bond acceptors (Lipinski definition) is 6. The summed E-state index contributed by atoms with van der Waals surface area (Å²) in [6, 6.07) is 9.27. The number of hydrazine groups is 1. The number of carbonyl (C=O) groups excluding carboxylic acids is 1. The second-order valence-electron chi connectivity index (χ2n) is 6.38. The summed E-state index contributed by atoms with van der Waals surface area (Å²) >= 11 is 0. The molecule has 0 aromatic heterocycles. The number of anilines is 1. The Morgan fingerprint density at radius 2 is 1.93 bits per heavy atom. The van der Waals surface area contributed by atoms with Gasteiger partial charge < -0.3 is 10.1 Å². The lowest BCUT2D eigenvalue weighted by atomic mass is 10.1. The lowest BCUT2D eigenvalue weighted by Gasteiger charge is -2.19. The van der Waals surface area contributed by atoms with Gasteiger partial charge in [0.15, 0.2) is 5.37 Å². The minimum absolute atomic E-state index is 0.0614. The Morgan fingerprint density at radius 3 is 2.59 bits per heavy atom. The smallest absolute Gasteiger partial charge is 0.250 e. The molecule has 29 heavy (non-hydrogen) atoms. The molecule has 1 aliphatic rings. The molecule has 2 aromatic carbocycles. The van der Waals surface area contributed by atoms with Crippen molar-refractivity contribution in [2.75, 3.05) is 18.4 Å². The molecule has 2 unspecified atom stereocenters. The van der Waals surface area contributed by atoms with E-state index < -0.39 is 38.9 Å². The summed E-state index contributed by atoms with van der Waals surface area (Å²) < 4.78 is 59.5. The second-order valence-corrected chi connectivity index (χ2v) is 8.18. The Bertz CT molecular complexity index is 986. The summed E-state index contributed by atoms with van der Waals surface area (Å²) in [6.07, 6.45) is 0. The van der Waals surface area contributed by atoms with Crippen molar-refractivity contribution in [3.63, 3.8) is 0 Å². The van der Waals surface area contributed by atoms with E-state index in [0.29, 0.717) is 17.5 Å². The lowest BCUT2D eigenvalue weighted by Crippen LogP contribution is -2.46. The number of hydrogen-bond donors (Lipinski definition) is 4. The predicted molar refractivity (Wildman–Crippen MR) is 102 cm³/mol. The van der Waals surface area contributed by atoms with Crippen molar-refractivity contribution in [2.45, 2.75) is 11.9 Å². The van der Waals surface area contributed by atoms with E-state index >= 15 is 0 Å². The van der Waals surface area contributed by atoms with Crippen LogP contribution in [0.2, 0.25) is 0 Å². The van der Waals surface area contributed by atoms with Crippen molar-refractivity contribution >= 4 is 21.6 Å². The second kappa shape index (κ2) is 8.72. The van der Waals surface area contributed by atoms with Crippen LogP contribution in [0.5, 0.6) is 5.75 Å². The van der Waals surface area contributed by atoms with E-state index in [4.69, 9.17) is 4.74 Å². The van der Waals surface area contributed by atoms with E-state index in [1.807, 2.05) is 0 Å². The first-order chi connectivity index (χ1) is 13.8. The number of carbonyl (C=O) groups is 1. The van der Waals surface area contributed by atoms with Crippen LogP contribution in [-0.4, -0.2) is 33.4 Å². The van der Waals surface area contributed by atoms with E-state index in [0.717, 1.165) is 6.07 Å². The van der Waals surface area contributed by atoms with Gasteiger partial charge in [-0.3, -0.25) is 14.9 Å². The maximum Gasteiger partial charge on any atom is 0.250 e. The molecular formula is C18H20F2N4O4S. The molecule has 1 amide bonds. The number of methoxy groups -OCH3 is 1. The maximum atomic E-state index is 13.7. The van der Waals surface area contributed by atoms with Gasteiger partial charge in [0, 0.05) is 30.4 Å². The minimum Gasteiger partial charge on any atom is -0.497 e. The third-order valence-corrected chi connectivity index (χ3v) is 6.06. The first-order valence-corrected chi connectivity index (χ1v) is 10.2. The van der Waals surface area contributed by atoms with E-state index in [2.05, 4.69) is 20.9 Å². The van der Waals surface area contributed by atoms with Gasteiger partial charge in [0.2, 0.25) is 5.91 Å². The zero-order valence-corrected chi connectivity index (χ0v) is 16.2. The quantitative estimate of drug-likeness (QED) is 0.528. The molecule has 11 heteroatoms. The summed E-state index contributed by atoms with van der Waals surface area (Å²) in [5.41, 5.74) is 5.64. The molecule has 4 N–H and O–H groups in total. The molecule has 1 fully saturated rings. The van der Waals surface area contributed by atoms with Crippen LogP contribution in [-0.2, 0) is 21.4 Å². The van der Waals surface area contributed by atoms with Crippen LogP contribution in [0.4, 0.5) is 14.5 Å². The van der Waals surface area contributed by atoms with Crippen molar-refractivity contribution < 1.29 is 26.7 Å². The summed E-state index contributed by atoms with van der Waals surface area (Å²) in [7, 11) is -2.48. The fourth-order valence-electron chi connectivity index (χ4n) is 2.87.